The fourth-order valence-corrected chi connectivity index (χ4v) is 1.38. The molecule has 1 aromatic rings. The second-order valence-electron chi connectivity index (χ2n) is 3.17. The molecule has 1 aliphatic heterocycles. The maximum Gasteiger partial charge on any atom is 0.309 e. The SMILES string of the molecule is COC(=O)Cc1ccc2c(c1)OCC#C2. The fraction of sp³-hybridized carbons (Fsp3) is 0.250. The summed E-state index contributed by atoms with van der Waals surface area (Å²) in [4.78, 5) is 11.1. The number of carbonyl (C=O) groups is 1. The summed E-state index contributed by atoms with van der Waals surface area (Å²) in [6.45, 7) is 0.411. The molecule has 0 radical (unpaired) electrons. The Morgan fingerprint density at radius 2 is 2.47 bits per heavy atom. The number of ether oxygens (including phenoxy) is 2. The van der Waals surface area contributed by atoms with Crippen LogP contribution >= 0.6 is 0 Å². The lowest BCUT2D eigenvalue weighted by molar-refractivity contribution is -0.139. The first kappa shape index (κ1) is 9.60. The molecule has 0 aromatic heterocycles. The van der Waals surface area contributed by atoms with Crippen LogP contribution in [0, 0.1) is 11.8 Å². The van der Waals surface area contributed by atoms with Gasteiger partial charge in [-0.1, -0.05) is 17.9 Å². The van der Waals surface area contributed by atoms with Crippen molar-refractivity contribution in [2.24, 2.45) is 0 Å². The lowest BCUT2D eigenvalue weighted by atomic mass is 10.1. The highest BCUT2D eigenvalue weighted by Crippen LogP contribution is 2.21. The summed E-state index contributed by atoms with van der Waals surface area (Å²) in [5, 5.41) is 0. The molecule has 0 saturated heterocycles. The van der Waals surface area contributed by atoms with Crippen molar-refractivity contribution in [3.63, 3.8) is 0 Å². The maximum absolute atomic E-state index is 11.1. The van der Waals surface area contributed by atoms with E-state index in [0.717, 1.165) is 16.9 Å². The minimum absolute atomic E-state index is 0.253. The van der Waals surface area contributed by atoms with Gasteiger partial charge in [0, 0.05) is 0 Å². The molecular weight excluding hydrogens is 192 g/mol. The summed E-state index contributed by atoms with van der Waals surface area (Å²) in [7, 11) is 1.38. The van der Waals surface area contributed by atoms with E-state index in [1.807, 2.05) is 18.2 Å². The van der Waals surface area contributed by atoms with Gasteiger partial charge in [-0.15, -0.1) is 0 Å². The van der Waals surface area contributed by atoms with Gasteiger partial charge in [0.25, 0.3) is 0 Å². The Morgan fingerprint density at radius 3 is 3.27 bits per heavy atom. The summed E-state index contributed by atoms with van der Waals surface area (Å²) in [6.07, 6.45) is 0.264. The Labute approximate surface area is 88.0 Å². The molecule has 0 bridgehead atoms. The third kappa shape index (κ3) is 2.10. The molecule has 1 heterocycles. The smallest absolute Gasteiger partial charge is 0.309 e. The summed E-state index contributed by atoms with van der Waals surface area (Å²) in [6, 6.07) is 5.55. The van der Waals surface area contributed by atoms with E-state index in [2.05, 4.69) is 16.6 Å². The van der Waals surface area contributed by atoms with Gasteiger partial charge in [-0.25, -0.2) is 0 Å². The summed E-state index contributed by atoms with van der Waals surface area (Å²) < 4.78 is 9.94. The lowest BCUT2D eigenvalue weighted by Crippen LogP contribution is -2.06. The fourth-order valence-electron chi connectivity index (χ4n) is 1.38. The van der Waals surface area contributed by atoms with E-state index in [9.17, 15) is 4.79 Å². The topological polar surface area (TPSA) is 35.5 Å². The Kier molecular flexibility index (Phi) is 2.59. The zero-order chi connectivity index (χ0) is 10.7. The van der Waals surface area contributed by atoms with Gasteiger partial charge in [0.05, 0.1) is 19.1 Å². The van der Waals surface area contributed by atoms with Crippen molar-refractivity contribution < 1.29 is 14.3 Å². The van der Waals surface area contributed by atoms with E-state index < -0.39 is 0 Å². The van der Waals surface area contributed by atoms with Crippen LogP contribution in [0.2, 0.25) is 0 Å². The average Bonchev–Trinajstić information content (AvgIpc) is 2.29. The standard InChI is InChI=1S/C12H10O3/c1-14-12(13)8-9-4-5-10-3-2-6-15-11(10)7-9/h4-5,7H,6,8H2,1H3. The van der Waals surface area contributed by atoms with Crippen LogP contribution in [0.3, 0.4) is 0 Å². The molecule has 0 amide bonds. The van der Waals surface area contributed by atoms with Crippen molar-refractivity contribution in [3.8, 4) is 17.6 Å². The third-order valence-electron chi connectivity index (χ3n) is 2.15. The van der Waals surface area contributed by atoms with E-state index in [1.165, 1.54) is 7.11 Å². The Bertz CT molecular complexity index is 452. The Hall–Kier alpha value is -1.95. The normalized spacial score (nSPS) is 11.8. The van der Waals surface area contributed by atoms with E-state index >= 15 is 0 Å². The minimum atomic E-state index is -0.253. The highest BCUT2D eigenvalue weighted by Gasteiger charge is 2.08. The number of rotatable bonds is 2. The second-order valence-corrected chi connectivity index (χ2v) is 3.17. The van der Waals surface area contributed by atoms with Crippen LogP contribution < -0.4 is 4.74 Å². The first-order valence-electron chi connectivity index (χ1n) is 4.61. The second kappa shape index (κ2) is 4.05. The average molecular weight is 202 g/mol. The van der Waals surface area contributed by atoms with Gasteiger partial charge in [-0.05, 0) is 17.7 Å². The minimum Gasteiger partial charge on any atom is -0.480 e. The van der Waals surface area contributed by atoms with Crippen LogP contribution in [-0.2, 0) is 16.0 Å². The highest BCUT2D eigenvalue weighted by atomic mass is 16.5. The van der Waals surface area contributed by atoms with Crippen LogP contribution in [0.5, 0.6) is 5.75 Å². The van der Waals surface area contributed by atoms with Gasteiger partial charge in [-0.3, -0.25) is 4.79 Å². The molecule has 3 heteroatoms. The molecule has 1 aromatic carbocycles. The maximum atomic E-state index is 11.1. The van der Waals surface area contributed by atoms with Gasteiger partial charge < -0.3 is 9.47 Å². The molecule has 76 valence electrons. The number of carbonyl (C=O) groups excluding carboxylic acids is 1. The number of benzene rings is 1. The monoisotopic (exact) mass is 202 g/mol. The molecule has 15 heavy (non-hydrogen) atoms. The molecule has 0 N–H and O–H groups in total. The van der Waals surface area contributed by atoms with Crippen molar-refractivity contribution in [1.82, 2.24) is 0 Å². The Balaban J connectivity index is 2.23. The third-order valence-corrected chi connectivity index (χ3v) is 2.15. The van der Waals surface area contributed by atoms with Crippen LogP contribution in [0.1, 0.15) is 11.1 Å². The molecule has 3 nitrogen and oxygen atoms in total. The molecular formula is C12H10O3. The van der Waals surface area contributed by atoms with Gasteiger partial charge in [0.2, 0.25) is 0 Å². The predicted molar refractivity (Wildman–Crippen MR) is 54.5 cm³/mol. The van der Waals surface area contributed by atoms with E-state index in [1.54, 1.807) is 0 Å². The summed E-state index contributed by atoms with van der Waals surface area (Å²) >= 11 is 0. The number of methoxy groups -OCH3 is 1. The van der Waals surface area contributed by atoms with E-state index in [4.69, 9.17) is 4.74 Å². The quantitative estimate of drug-likeness (QED) is 0.533. The number of fused-ring (bicyclic) bond motifs is 1. The number of hydrogen-bond acceptors (Lipinski definition) is 3. The zero-order valence-corrected chi connectivity index (χ0v) is 8.37. The van der Waals surface area contributed by atoms with E-state index in [0.29, 0.717) is 6.61 Å². The first-order valence-corrected chi connectivity index (χ1v) is 4.61. The van der Waals surface area contributed by atoms with Gasteiger partial charge in [0.1, 0.15) is 12.4 Å². The van der Waals surface area contributed by atoms with Crippen LogP contribution in [0.4, 0.5) is 0 Å². The summed E-state index contributed by atoms with van der Waals surface area (Å²) in [5.74, 6) is 6.31. The van der Waals surface area contributed by atoms with E-state index in [-0.39, 0.29) is 12.4 Å². The number of esters is 1. The zero-order valence-electron chi connectivity index (χ0n) is 8.37. The predicted octanol–water partition coefficient (Wildman–Crippen LogP) is 1.15. The van der Waals surface area contributed by atoms with Crippen molar-refractivity contribution >= 4 is 5.97 Å². The van der Waals surface area contributed by atoms with Gasteiger partial charge >= 0.3 is 5.97 Å². The molecule has 2 rings (SSSR count). The van der Waals surface area contributed by atoms with Crippen molar-refractivity contribution in [2.75, 3.05) is 13.7 Å². The molecule has 0 fully saturated rings. The molecule has 0 unspecified atom stereocenters. The van der Waals surface area contributed by atoms with Crippen molar-refractivity contribution in [3.05, 3.63) is 29.3 Å². The molecule has 0 saturated carbocycles. The largest absolute Gasteiger partial charge is 0.480 e. The van der Waals surface area contributed by atoms with Crippen LogP contribution in [-0.4, -0.2) is 19.7 Å². The summed E-state index contributed by atoms with van der Waals surface area (Å²) in [5.41, 5.74) is 1.75. The van der Waals surface area contributed by atoms with Gasteiger partial charge in [-0.2, -0.15) is 0 Å². The molecule has 1 aliphatic rings. The molecule has 0 spiro atoms. The van der Waals surface area contributed by atoms with Crippen LogP contribution in [0.25, 0.3) is 0 Å². The lowest BCUT2D eigenvalue weighted by Gasteiger charge is -2.10. The van der Waals surface area contributed by atoms with Crippen LogP contribution in [0.15, 0.2) is 18.2 Å². The van der Waals surface area contributed by atoms with Gasteiger partial charge in [0.15, 0.2) is 0 Å². The highest BCUT2D eigenvalue weighted by molar-refractivity contribution is 5.72. The van der Waals surface area contributed by atoms with Crippen molar-refractivity contribution in [1.29, 1.82) is 0 Å². The molecule has 0 aliphatic carbocycles. The molecule has 0 atom stereocenters. The first-order chi connectivity index (χ1) is 7.29. The van der Waals surface area contributed by atoms with Crippen molar-refractivity contribution in [2.45, 2.75) is 6.42 Å². The number of hydrogen-bond donors (Lipinski definition) is 0. The Morgan fingerprint density at radius 1 is 1.60 bits per heavy atom.